The van der Waals surface area contributed by atoms with Crippen molar-refractivity contribution in [3.05, 3.63) is 24.0 Å². The Labute approximate surface area is 145 Å². The van der Waals surface area contributed by atoms with Crippen LogP contribution < -0.4 is 10.2 Å². The van der Waals surface area contributed by atoms with Gasteiger partial charge in [-0.25, -0.2) is 8.78 Å². The molecule has 25 heavy (non-hydrogen) atoms. The highest BCUT2D eigenvalue weighted by Gasteiger charge is 2.53. The number of ether oxygens (including phenoxy) is 2. The molecule has 1 aromatic carbocycles. The number of fused-ring (bicyclic) bond motifs is 1. The highest BCUT2D eigenvalue weighted by atomic mass is 19.3. The molecule has 136 valence electrons. The SMILES string of the molecule is COCOc1c(B2OC(C)(C)C(C)(C)O2)c(C(F)F)cc2occc12. The van der Waals surface area contributed by atoms with Gasteiger partial charge in [0, 0.05) is 18.1 Å². The second-order valence-electron chi connectivity index (χ2n) is 6.98. The first kappa shape index (κ1) is 18.2. The molecule has 1 aliphatic heterocycles. The van der Waals surface area contributed by atoms with E-state index in [0.717, 1.165) is 0 Å². The summed E-state index contributed by atoms with van der Waals surface area (Å²) in [6.07, 6.45) is -1.32. The summed E-state index contributed by atoms with van der Waals surface area (Å²) < 4.78 is 55.4. The number of rotatable bonds is 5. The first-order valence-corrected chi connectivity index (χ1v) is 7.97. The van der Waals surface area contributed by atoms with E-state index in [-0.39, 0.29) is 23.6 Å². The van der Waals surface area contributed by atoms with E-state index in [4.69, 9.17) is 23.2 Å². The average molecular weight is 354 g/mol. The second-order valence-corrected chi connectivity index (χ2v) is 6.98. The Morgan fingerprint density at radius 1 is 1.16 bits per heavy atom. The van der Waals surface area contributed by atoms with Gasteiger partial charge in [-0.05, 0) is 39.8 Å². The summed E-state index contributed by atoms with van der Waals surface area (Å²) in [5.41, 5.74) is -1.10. The molecule has 0 aliphatic carbocycles. The lowest BCUT2D eigenvalue weighted by molar-refractivity contribution is 0.00578. The van der Waals surface area contributed by atoms with Crippen LogP contribution in [0.3, 0.4) is 0 Å². The Morgan fingerprint density at radius 2 is 1.80 bits per heavy atom. The zero-order valence-electron chi connectivity index (χ0n) is 14.9. The topological polar surface area (TPSA) is 50.1 Å². The molecule has 0 bridgehead atoms. The Hall–Kier alpha value is -1.64. The molecule has 1 saturated heterocycles. The van der Waals surface area contributed by atoms with Gasteiger partial charge in [0.2, 0.25) is 0 Å². The van der Waals surface area contributed by atoms with E-state index in [9.17, 15) is 8.78 Å². The van der Waals surface area contributed by atoms with Crippen LogP contribution in [0.2, 0.25) is 0 Å². The van der Waals surface area contributed by atoms with E-state index in [1.807, 2.05) is 27.7 Å². The molecule has 5 nitrogen and oxygen atoms in total. The quantitative estimate of drug-likeness (QED) is 0.606. The Balaban J connectivity index is 2.19. The van der Waals surface area contributed by atoms with Crippen LogP contribution in [0, 0.1) is 0 Å². The summed E-state index contributed by atoms with van der Waals surface area (Å²) in [7, 11) is 0.470. The molecule has 3 rings (SSSR count). The maximum atomic E-state index is 13.8. The highest BCUT2D eigenvalue weighted by Crippen LogP contribution is 2.40. The third-order valence-electron chi connectivity index (χ3n) is 4.83. The molecule has 2 aromatic rings. The molecule has 8 heteroatoms. The van der Waals surface area contributed by atoms with Gasteiger partial charge in [0.15, 0.2) is 6.79 Å². The Bertz CT molecular complexity index is 756. The first-order chi connectivity index (χ1) is 11.7. The molecule has 0 atom stereocenters. The fourth-order valence-electron chi connectivity index (χ4n) is 2.77. The van der Waals surface area contributed by atoms with Crippen molar-refractivity contribution >= 4 is 23.6 Å². The molecule has 1 aromatic heterocycles. The number of hydrogen-bond acceptors (Lipinski definition) is 5. The molecular weight excluding hydrogens is 333 g/mol. The third kappa shape index (κ3) is 3.03. The van der Waals surface area contributed by atoms with Crippen molar-refractivity contribution < 1.29 is 32.0 Å². The van der Waals surface area contributed by atoms with E-state index in [2.05, 4.69) is 0 Å². The summed E-state index contributed by atoms with van der Waals surface area (Å²) in [5, 5.41) is 0.561. The van der Waals surface area contributed by atoms with Crippen LogP contribution in [0.15, 0.2) is 22.8 Å². The monoisotopic (exact) mass is 354 g/mol. The van der Waals surface area contributed by atoms with Crippen LogP contribution in [0.4, 0.5) is 8.78 Å². The standard InChI is InChI=1S/C17H21BF2O5/c1-16(2)17(3,4)25-18(24-16)13-11(15(19)20)8-12-10(6-7-22-12)14(13)23-9-21-5/h6-8,15H,9H2,1-5H3. The van der Waals surface area contributed by atoms with Crippen molar-refractivity contribution in [2.45, 2.75) is 45.3 Å². The van der Waals surface area contributed by atoms with Crippen molar-refractivity contribution in [3.63, 3.8) is 0 Å². The predicted molar refractivity (Wildman–Crippen MR) is 89.4 cm³/mol. The smallest absolute Gasteiger partial charge is 0.467 e. The highest BCUT2D eigenvalue weighted by molar-refractivity contribution is 6.64. The minimum Gasteiger partial charge on any atom is -0.467 e. The van der Waals surface area contributed by atoms with Gasteiger partial charge in [0.1, 0.15) is 11.3 Å². The zero-order chi connectivity index (χ0) is 18.4. The lowest BCUT2D eigenvalue weighted by Crippen LogP contribution is -2.41. The molecule has 0 radical (unpaired) electrons. The lowest BCUT2D eigenvalue weighted by Gasteiger charge is -2.32. The average Bonchev–Trinajstić information content (AvgIpc) is 3.05. The number of methoxy groups -OCH3 is 1. The third-order valence-corrected chi connectivity index (χ3v) is 4.83. The van der Waals surface area contributed by atoms with Crippen molar-refractivity contribution in [3.8, 4) is 5.75 Å². The van der Waals surface area contributed by atoms with E-state index in [1.165, 1.54) is 19.4 Å². The van der Waals surface area contributed by atoms with Crippen LogP contribution >= 0.6 is 0 Å². The second kappa shape index (κ2) is 6.27. The minimum atomic E-state index is -2.74. The summed E-state index contributed by atoms with van der Waals surface area (Å²) in [4.78, 5) is 0. The van der Waals surface area contributed by atoms with E-state index >= 15 is 0 Å². The van der Waals surface area contributed by atoms with Gasteiger partial charge in [0.05, 0.1) is 22.9 Å². The van der Waals surface area contributed by atoms with Gasteiger partial charge >= 0.3 is 7.12 Å². The lowest BCUT2D eigenvalue weighted by atomic mass is 9.74. The van der Waals surface area contributed by atoms with E-state index in [1.54, 1.807) is 6.07 Å². The molecular formula is C17H21BF2O5. The number of alkyl halides is 2. The maximum absolute atomic E-state index is 13.8. The van der Waals surface area contributed by atoms with Crippen molar-refractivity contribution in [2.75, 3.05) is 13.9 Å². The van der Waals surface area contributed by atoms with Crippen molar-refractivity contribution in [1.29, 1.82) is 0 Å². The van der Waals surface area contributed by atoms with Crippen molar-refractivity contribution in [1.82, 2.24) is 0 Å². The fourth-order valence-corrected chi connectivity index (χ4v) is 2.77. The summed E-state index contributed by atoms with van der Waals surface area (Å²) in [6, 6.07) is 2.96. The van der Waals surface area contributed by atoms with Crippen LogP contribution in [0.5, 0.6) is 5.75 Å². The molecule has 0 unspecified atom stereocenters. The largest absolute Gasteiger partial charge is 0.499 e. The number of benzene rings is 1. The molecule has 0 spiro atoms. The van der Waals surface area contributed by atoms with Crippen molar-refractivity contribution in [2.24, 2.45) is 0 Å². The van der Waals surface area contributed by atoms with E-state index < -0.39 is 24.7 Å². The van der Waals surface area contributed by atoms with Gasteiger partial charge in [-0.3, -0.25) is 0 Å². The zero-order valence-corrected chi connectivity index (χ0v) is 14.9. The van der Waals surface area contributed by atoms with Crippen LogP contribution in [0.25, 0.3) is 11.0 Å². The molecule has 0 saturated carbocycles. The van der Waals surface area contributed by atoms with Gasteiger partial charge in [-0.1, -0.05) is 0 Å². The number of halogens is 2. The van der Waals surface area contributed by atoms with Crippen LogP contribution in [0.1, 0.15) is 39.7 Å². The van der Waals surface area contributed by atoms with Crippen LogP contribution in [-0.4, -0.2) is 32.2 Å². The van der Waals surface area contributed by atoms with Crippen LogP contribution in [-0.2, 0) is 14.0 Å². The molecule has 0 N–H and O–H groups in total. The first-order valence-electron chi connectivity index (χ1n) is 7.97. The predicted octanol–water partition coefficient (Wildman–Crippen LogP) is 3.65. The molecule has 0 amide bonds. The number of hydrogen-bond donors (Lipinski definition) is 0. The molecule has 1 fully saturated rings. The number of furan rings is 1. The molecule has 2 heterocycles. The summed E-state index contributed by atoms with van der Waals surface area (Å²) in [6.45, 7) is 7.35. The fraction of sp³-hybridized carbons (Fsp3) is 0.529. The minimum absolute atomic E-state index is 0.0977. The van der Waals surface area contributed by atoms with E-state index in [0.29, 0.717) is 11.0 Å². The Morgan fingerprint density at radius 3 is 2.36 bits per heavy atom. The van der Waals surface area contributed by atoms with Gasteiger partial charge in [-0.2, -0.15) is 0 Å². The molecule has 1 aliphatic rings. The summed E-state index contributed by atoms with van der Waals surface area (Å²) >= 11 is 0. The van der Waals surface area contributed by atoms with Gasteiger partial charge in [0.25, 0.3) is 6.43 Å². The van der Waals surface area contributed by atoms with Gasteiger partial charge < -0.3 is 23.2 Å². The maximum Gasteiger partial charge on any atom is 0.499 e. The van der Waals surface area contributed by atoms with Gasteiger partial charge in [-0.15, -0.1) is 0 Å². The normalized spacial score (nSPS) is 19.1. The summed E-state index contributed by atoms with van der Waals surface area (Å²) in [5.74, 6) is 0.224. The Kier molecular flexibility index (Phi) is 4.55.